The van der Waals surface area contributed by atoms with Gasteiger partial charge in [0.05, 0.1) is 5.69 Å². The SMILES string of the molecule is CCCCCCCCC(=O)c1cc(C)nn1C. The maximum atomic E-state index is 11.9. The van der Waals surface area contributed by atoms with Gasteiger partial charge in [-0.25, -0.2) is 0 Å². The molecular weight excluding hydrogens is 212 g/mol. The van der Waals surface area contributed by atoms with Crippen molar-refractivity contribution in [3.8, 4) is 0 Å². The summed E-state index contributed by atoms with van der Waals surface area (Å²) in [5, 5.41) is 4.20. The fourth-order valence-electron chi connectivity index (χ4n) is 2.07. The smallest absolute Gasteiger partial charge is 0.180 e. The monoisotopic (exact) mass is 236 g/mol. The minimum atomic E-state index is 0.226. The highest BCUT2D eigenvalue weighted by molar-refractivity contribution is 5.94. The van der Waals surface area contributed by atoms with E-state index in [4.69, 9.17) is 0 Å². The maximum Gasteiger partial charge on any atom is 0.180 e. The van der Waals surface area contributed by atoms with E-state index in [0.29, 0.717) is 6.42 Å². The lowest BCUT2D eigenvalue weighted by atomic mass is 10.1. The minimum Gasteiger partial charge on any atom is -0.292 e. The van der Waals surface area contributed by atoms with Gasteiger partial charge in [-0.15, -0.1) is 0 Å². The number of hydrogen-bond donors (Lipinski definition) is 0. The minimum absolute atomic E-state index is 0.226. The molecular formula is C14H24N2O. The second kappa shape index (κ2) is 7.25. The van der Waals surface area contributed by atoms with E-state index in [1.54, 1.807) is 4.68 Å². The molecule has 0 amide bonds. The van der Waals surface area contributed by atoms with Crippen LogP contribution < -0.4 is 0 Å². The third-order valence-electron chi connectivity index (χ3n) is 3.05. The molecule has 0 N–H and O–H groups in total. The van der Waals surface area contributed by atoms with Crippen LogP contribution in [-0.4, -0.2) is 15.6 Å². The van der Waals surface area contributed by atoms with Crippen molar-refractivity contribution < 1.29 is 4.79 Å². The number of nitrogens with zero attached hydrogens (tertiary/aromatic N) is 2. The van der Waals surface area contributed by atoms with E-state index < -0.39 is 0 Å². The molecule has 1 aromatic rings. The lowest BCUT2D eigenvalue weighted by Crippen LogP contribution is -2.06. The zero-order valence-corrected chi connectivity index (χ0v) is 11.3. The predicted octanol–water partition coefficient (Wildman–Crippen LogP) is 3.66. The van der Waals surface area contributed by atoms with Gasteiger partial charge in [-0.05, 0) is 19.4 Å². The maximum absolute atomic E-state index is 11.9. The normalized spacial score (nSPS) is 10.8. The molecule has 1 aromatic heterocycles. The van der Waals surface area contributed by atoms with Crippen LogP contribution in [0.1, 0.15) is 68.1 Å². The van der Waals surface area contributed by atoms with E-state index in [-0.39, 0.29) is 5.78 Å². The summed E-state index contributed by atoms with van der Waals surface area (Å²) < 4.78 is 1.69. The summed E-state index contributed by atoms with van der Waals surface area (Å²) in [5.74, 6) is 0.226. The van der Waals surface area contributed by atoms with Gasteiger partial charge in [-0.2, -0.15) is 5.10 Å². The van der Waals surface area contributed by atoms with Crippen molar-refractivity contribution in [3.05, 3.63) is 17.5 Å². The topological polar surface area (TPSA) is 34.9 Å². The molecule has 0 spiro atoms. The first-order valence-electron chi connectivity index (χ1n) is 6.69. The van der Waals surface area contributed by atoms with Crippen molar-refractivity contribution in [1.82, 2.24) is 9.78 Å². The molecule has 0 aliphatic rings. The fraction of sp³-hybridized carbons (Fsp3) is 0.714. The Kier molecular flexibility index (Phi) is 5.95. The number of Topliss-reactive ketones (excluding diaryl/α,β-unsaturated/α-hetero) is 1. The predicted molar refractivity (Wildman–Crippen MR) is 70.3 cm³/mol. The summed E-state index contributed by atoms with van der Waals surface area (Å²) in [6.45, 7) is 4.13. The highest BCUT2D eigenvalue weighted by Gasteiger charge is 2.10. The summed E-state index contributed by atoms with van der Waals surface area (Å²) in [7, 11) is 1.83. The first kappa shape index (κ1) is 13.9. The molecule has 0 aliphatic carbocycles. The largest absolute Gasteiger partial charge is 0.292 e. The van der Waals surface area contributed by atoms with E-state index in [1.165, 1.54) is 32.1 Å². The molecule has 0 atom stereocenters. The van der Waals surface area contributed by atoms with Crippen LogP contribution in [0.2, 0.25) is 0 Å². The second-order valence-corrected chi connectivity index (χ2v) is 4.74. The Morgan fingerprint density at radius 3 is 2.47 bits per heavy atom. The van der Waals surface area contributed by atoms with Crippen LogP contribution in [0.25, 0.3) is 0 Å². The molecule has 0 saturated heterocycles. The van der Waals surface area contributed by atoms with Crippen molar-refractivity contribution in [2.24, 2.45) is 7.05 Å². The van der Waals surface area contributed by atoms with Gasteiger partial charge >= 0.3 is 0 Å². The number of carbonyl (C=O) groups excluding carboxylic acids is 1. The second-order valence-electron chi connectivity index (χ2n) is 4.74. The molecule has 0 unspecified atom stereocenters. The summed E-state index contributed by atoms with van der Waals surface area (Å²) in [6.07, 6.45) is 7.98. The third-order valence-corrected chi connectivity index (χ3v) is 3.05. The lowest BCUT2D eigenvalue weighted by molar-refractivity contribution is 0.0970. The Balaban J connectivity index is 2.23. The molecule has 3 nitrogen and oxygen atoms in total. The molecule has 3 heteroatoms. The summed E-state index contributed by atoms with van der Waals surface area (Å²) in [4.78, 5) is 11.9. The van der Waals surface area contributed by atoms with Crippen LogP contribution in [0.15, 0.2) is 6.07 Å². The number of ketones is 1. The average Bonchev–Trinajstić information content (AvgIpc) is 2.62. The quantitative estimate of drug-likeness (QED) is 0.510. The molecule has 17 heavy (non-hydrogen) atoms. The van der Waals surface area contributed by atoms with Crippen molar-refractivity contribution in [2.75, 3.05) is 0 Å². The van der Waals surface area contributed by atoms with Gasteiger partial charge in [0.15, 0.2) is 5.78 Å². The Morgan fingerprint density at radius 2 is 1.88 bits per heavy atom. The first-order valence-corrected chi connectivity index (χ1v) is 6.69. The van der Waals surface area contributed by atoms with E-state index in [2.05, 4.69) is 12.0 Å². The molecule has 0 aromatic carbocycles. The third kappa shape index (κ3) is 4.72. The number of carbonyl (C=O) groups is 1. The van der Waals surface area contributed by atoms with Gasteiger partial charge in [0.1, 0.15) is 5.69 Å². The van der Waals surface area contributed by atoms with Crippen LogP contribution in [0, 0.1) is 6.92 Å². The van der Waals surface area contributed by atoms with Crippen molar-refractivity contribution in [3.63, 3.8) is 0 Å². The van der Waals surface area contributed by atoms with Crippen molar-refractivity contribution >= 4 is 5.78 Å². The molecule has 1 heterocycles. The molecule has 0 radical (unpaired) electrons. The van der Waals surface area contributed by atoms with E-state index in [0.717, 1.165) is 17.8 Å². The van der Waals surface area contributed by atoms with Gasteiger partial charge in [0, 0.05) is 13.5 Å². The number of aryl methyl sites for hydroxylation is 2. The van der Waals surface area contributed by atoms with Crippen molar-refractivity contribution in [2.45, 2.75) is 58.8 Å². The summed E-state index contributed by atoms with van der Waals surface area (Å²) in [6, 6.07) is 1.87. The van der Waals surface area contributed by atoms with Gasteiger partial charge in [-0.3, -0.25) is 9.48 Å². The van der Waals surface area contributed by atoms with Crippen LogP contribution >= 0.6 is 0 Å². The van der Waals surface area contributed by atoms with Crippen molar-refractivity contribution in [1.29, 1.82) is 0 Å². The van der Waals surface area contributed by atoms with Crippen LogP contribution in [0.4, 0.5) is 0 Å². The van der Waals surface area contributed by atoms with E-state index in [1.807, 2.05) is 20.0 Å². The molecule has 1 rings (SSSR count). The van der Waals surface area contributed by atoms with Gasteiger partial charge in [0.2, 0.25) is 0 Å². The zero-order valence-electron chi connectivity index (χ0n) is 11.3. The van der Waals surface area contributed by atoms with Gasteiger partial charge in [0.25, 0.3) is 0 Å². The lowest BCUT2D eigenvalue weighted by Gasteiger charge is -2.01. The molecule has 0 fully saturated rings. The molecule has 96 valence electrons. The van der Waals surface area contributed by atoms with Crippen LogP contribution in [0.5, 0.6) is 0 Å². The van der Waals surface area contributed by atoms with E-state index in [9.17, 15) is 4.79 Å². The standard InChI is InChI=1S/C14H24N2O/c1-4-5-6-7-8-9-10-14(17)13-11-12(2)15-16(13)3/h11H,4-10H2,1-3H3. The number of unbranched alkanes of at least 4 members (excludes halogenated alkanes) is 5. The Labute approximate surface area is 104 Å². The Hall–Kier alpha value is -1.12. The Morgan fingerprint density at radius 1 is 1.24 bits per heavy atom. The number of rotatable bonds is 8. The average molecular weight is 236 g/mol. The molecule has 0 saturated carbocycles. The van der Waals surface area contributed by atoms with Crippen LogP contribution in [-0.2, 0) is 7.05 Å². The molecule has 0 bridgehead atoms. The number of aromatic nitrogens is 2. The van der Waals surface area contributed by atoms with E-state index >= 15 is 0 Å². The first-order chi connectivity index (χ1) is 8.15. The van der Waals surface area contributed by atoms with Gasteiger partial charge in [-0.1, -0.05) is 39.0 Å². The highest BCUT2D eigenvalue weighted by Crippen LogP contribution is 2.11. The Bertz CT molecular complexity index is 355. The van der Waals surface area contributed by atoms with Gasteiger partial charge < -0.3 is 0 Å². The number of hydrogen-bond acceptors (Lipinski definition) is 2. The zero-order chi connectivity index (χ0) is 12.7. The van der Waals surface area contributed by atoms with Crippen LogP contribution in [0.3, 0.4) is 0 Å². The summed E-state index contributed by atoms with van der Waals surface area (Å²) >= 11 is 0. The molecule has 0 aliphatic heterocycles. The fourth-order valence-corrected chi connectivity index (χ4v) is 2.07. The highest BCUT2D eigenvalue weighted by atomic mass is 16.1. The summed E-state index contributed by atoms with van der Waals surface area (Å²) in [5.41, 5.74) is 1.66.